The summed E-state index contributed by atoms with van der Waals surface area (Å²) in [7, 11) is 0. The Labute approximate surface area is 122 Å². The number of halogens is 2. The van der Waals surface area contributed by atoms with Crippen LogP contribution in [0.1, 0.15) is 18.6 Å². The molecule has 0 saturated carbocycles. The summed E-state index contributed by atoms with van der Waals surface area (Å²) in [6, 6.07) is 5.25. The minimum absolute atomic E-state index is 0.0658. The Morgan fingerprint density at radius 2 is 2.11 bits per heavy atom. The quantitative estimate of drug-likeness (QED) is 0.912. The molecule has 1 aliphatic rings. The number of morpholine rings is 1. The summed E-state index contributed by atoms with van der Waals surface area (Å²) < 4.78 is 5.69. The maximum atomic E-state index is 11.8. The fraction of sp³-hybridized carbons (Fsp3) is 0.462. The molecule has 2 rings (SSSR count). The van der Waals surface area contributed by atoms with Gasteiger partial charge >= 0.3 is 6.03 Å². The van der Waals surface area contributed by atoms with E-state index in [1.165, 1.54) is 0 Å². The van der Waals surface area contributed by atoms with Crippen molar-refractivity contribution in [1.82, 2.24) is 10.2 Å². The minimum atomic E-state index is -0.187. The number of carbonyl (C=O) groups is 1. The number of hydrogen-bond donors (Lipinski definition) is 1. The molecule has 1 unspecified atom stereocenters. The van der Waals surface area contributed by atoms with Gasteiger partial charge in [-0.15, -0.1) is 0 Å². The van der Waals surface area contributed by atoms with Crippen LogP contribution >= 0.6 is 23.2 Å². The summed E-state index contributed by atoms with van der Waals surface area (Å²) in [5.74, 6) is 0. The third-order valence-corrected chi connectivity index (χ3v) is 3.37. The number of hydrogen-bond acceptors (Lipinski definition) is 2. The molecule has 19 heavy (non-hydrogen) atoms. The van der Waals surface area contributed by atoms with Crippen molar-refractivity contribution in [3.05, 3.63) is 33.8 Å². The van der Waals surface area contributed by atoms with Gasteiger partial charge < -0.3 is 15.0 Å². The molecule has 1 aromatic rings. The van der Waals surface area contributed by atoms with Crippen LogP contribution in [0.3, 0.4) is 0 Å². The van der Waals surface area contributed by atoms with E-state index < -0.39 is 0 Å². The number of ether oxygens (including phenoxy) is 1. The van der Waals surface area contributed by atoms with E-state index in [0.717, 1.165) is 5.56 Å². The molecule has 1 aliphatic heterocycles. The van der Waals surface area contributed by atoms with Crippen molar-refractivity contribution in [1.29, 1.82) is 0 Å². The van der Waals surface area contributed by atoms with Gasteiger partial charge in [0, 0.05) is 23.1 Å². The van der Waals surface area contributed by atoms with Crippen molar-refractivity contribution in [3.63, 3.8) is 0 Å². The number of rotatable bonds is 2. The molecule has 1 saturated heterocycles. The Hall–Kier alpha value is -0.970. The average Bonchev–Trinajstić information content (AvgIpc) is 2.38. The molecular formula is C13H16Cl2N2O2. The maximum Gasteiger partial charge on any atom is 0.317 e. The summed E-state index contributed by atoms with van der Waals surface area (Å²) in [6.45, 7) is 4.11. The molecule has 1 fully saturated rings. The molecular weight excluding hydrogens is 287 g/mol. The van der Waals surface area contributed by atoms with Crippen molar-refractivity contribution in [2.24, 2.45) is 0 Å². The monoisotopic (exact) mass is 302 g/mol. The van der Waals surface area contributed by atoms with Gasteiger partial charge in [-0.1, -0.05) is 23.2 Å². The van der Waals surface area contributed by atoms with Gasteiger partial charge in [-0.3, -0.25) is 0 Å². The topological polar surface area (TPSA) is 41.6 Å². The van der Waals surface area contributed by atoms with Gasteiger partial charge in [0.25, 0.3) is 0 Å². The molecule has 0 aliphatic carbocycles. The number of benzene rings is 1. The highest BCUT2D eigenvalue weighted by Crippen LogP contribution is 2.27. The van der Waals surface area contributed by atoms with E-state index >= 15 is 0 Å². The summed E-state index contributed by atoms with van der Waals surface area (Å²) in [6.07, 6.45) is -0.187. The lowest BCUT2D eigenvalue weighted by molar-refractivity contribution is -0.0153. The van der Waals surface area contributed by atoms with Gasteiger partial charge in [0.2, 0.25) is 0 Å². The van der Waals surface area contributed by atoms with Crippen molar-refractivity contribution in [2.75, 3.05) is 26.2 Å². The third kappa shape index (κ3) is 3.75. The van der Waals surface area contributed by atoms with Crippen LogP contribution < -0.4 is 5.32 Å². The Balaban J connectivity index is 2.10. The molecule has 1 N–H and O–H groups in total. The fourth-order valence-electron chi connectivity index (χ4n) is 2.06. The van der Waals surface area contributed by atoms with E-state index in [1.54, 1.807) is 11.0 Å². The molecule has 6 heteroatoms. The predicted molar refractivity (Wildman–Crippen MR) is 75.8 cm³/mol. The molecule has 0 spiro atoms. The van der Waals surface area contributed by atoms with Crippen LogP contribution in [0.2, 0.25) is 10.0 Å². The number of carbonyl (C=O) groups excluding carboxylic acids is 1. The first kappa shape index (κ1) is 14.4. The van der Waals surface area contributed by atoms with Crippen LogP contribution in [0.4, 0.5) is 4.79 Å². The van der Waals surface area contributed by atoms with Crippen molar-refractivity contribution in [3.8, 4) is 0 Å². The Morgan fingerprint density at radius 1 is 1.42 bits per heavy atom. The Kier molecular flexibility index (Phi) is 4.91. The van der Waals surface area contributed by atoms with Gasteiger partial charge in [0.05, 0.1) is 13.2 Å². The zero-order valence-corrected chi connectivity index (χ0v) is 12.2. The van der Waals surface area contributed by atoms with Crippen LogP contribution in [-0.2, 0) is 4.74 Å². The molecule has 1 aromatic carbocycles. The average molecular weight is 303 g/mol. The van der Waals surface area contributed by atoms with Crippen molar-refractivity contribution in [2.45, 2.75) is 13.0 Å². The minimum Gasteiger partial charge on any atom is -0.370 e. The number of amides is 2. The highest BCUT2D eigenvalue weighted by molar-refractivity contribution is 6.34. The summed E-state index contributed by atoms with van der Waals surface area (Å²) in [5, 5.41) is 3.93. The molecule has 1 heterocycles. The van der Waals surface area contributed by atoms with Gasteiger partial charge in [-0.2, -0.15) is 0 Å². The van der Waals surface area contributed by atoms with Crippen LogP contribution in [0.15, 0.2) is 18.2 Å². The van der Waals surface area contributed by atoms with E-state index in [-0.39, 0.29) is 12.1 Å². The molecule has 4 nitrogen and oxygen atoms in total. The second-order valence-corrected chi connectivity index (χ2v) is 5.22. The predicted octanol–water partition coefficient (Wildman–Crippen LogP) is 3.10. The van der Waals surface area contributed by atoms with E-state index in [1.807, 2.05) is 19.1 Å². The molecule has 1 atom stereocenters. The standard InChI is InChI=1S/C13H16Cl2N2O2/c1-2-16-13(18)17-3-4-19-12(8-17)9-5-10(14)7-11(15)6-9/h5-7,12H,2-4,8H2,1H3,(H,16,18). The fourth-order valence-corrected chi connectivity index (χ4v) is 2.60. The first-order valence-electron chi connectivity index (χ1n) is 6.20. The van der Waals surface area contributed by atoms with Crippen LogP contribution in [0.5, 0.6) is 0 Å². The molecule has 2 amide bonds. The summed E-state index contributed by atoms with van der Waals surface area (Å²) in [5.41, 5.74) is 0.895. The summed E-state index contributed by atoms with van der Waals surface area (Å²) in [4.78, 5) is 13.6. The Morgan fingerprint density at radius 3 is 2.74 bits per heavy atom. The lowest BCUT2D eigenvalue weighted by Crippen LogP contribution is -2.47. The van der Waals surface area contributed by atoms with E-state index in [2.05, 4.69) is 5.32 Å². The largest absolute Gasteiger partial charge is 0.370 e. The van der Waals surface area contributed by atoms with E-state index in [0.29, 0.717) is 36.3 Å². The maximum absolute atomic E-state index is 11.8. The first-order chi connectivity index (χ1) is 9.10. The van der Waals surface area contributed by atoms with Crippen LogP contribution in [0.25, 0.3) is 0 Å². The SMILES string of the molecule is CCNC(=O)N1CCOC(c2cc(Cl)cc(Cl)c2)C1. The van der Waals surface area contributed by atoms with Gasteiger partial charge in [0.1, 0.15) is 6.10 Å². The smallest absolute Gasteiger partial charge is 0.317 e. The van der Waals surface area contributed by atoms with Gasteiger partial charge in [0.15, 0.2) is 0 Å². The van der Waals surface area contributed by atoms with Crippen LogP contribution in [-0.4, -0.2) is 37.2 Å². The molecule has 0 bridgehead atoms. The van der Waals surface area contributed by atoms with Gasteiger partial charge in [-0.25, -0.2) is 4.79 Å². The molecule has 104 valence electrons. The number of nitrogens with zero attached hydrogens (tertiary/aromatic N) is 1. The second kappa shape index (κ2) is 6.46. The molecule has 0 aromatic heterocycles. The van der Waals surface area contributed by atoms with Gasteiger partial charge in [-0.05, 0) is 30.7 Å². The lowest BCUT2D eigenvalue weighted by atomic mass is 10.1. The normalized spacial score (nSPS) is 19.3. The number of urea groups is 1. The highest BCUT2D eigenvalue weighted by Gasteiger charge is 2.25. The van der Waals surface area contributed by atoms with Crippen molar-refractivity contribution < 1.29 is 9.53 Å². The molecule has 0 radical (unpaired) electrons. The zero-order valence-electron chi connectivity index (χ0n) is 10.7. The van der Waals surface area contributed by atoms with Crippen LogP contribution in [0, 0.1) is 0 Å². The third-order valence-electron chi connectivity index (χ3n) is 2.94. The first-order valence-corrected chi connectivity index (χ1v) is 6.96. The van der Waals surface area contributed by atoms with E-state index in [9.17, 15) is 4.79 Å². The number of nitrogens with one attached hydrogen (secondary N) is 1. The Bertz CT molecular complexity index is 448. The second-order valence-electron chi connectivity index (χ2n) is 4.34. The van der Waals surface area contributed by atoms with E-state index in [4.69, 9.17) is 27.9 Å². The lowest BCUT2D eigenvalue weighted by Gasteiger charge is -2.33. The van der Waals surface area contributed by atoms with Crippen molar-refractivity contribution >= 4 is 29.2 Å². The zero-order chi connectivity index (χ0) is 13.8. The highest BCUT2D eigenvalue weighted by atomic mass is 35.5. The summed E-state index contributed by atoms with van der Waals surface area (Å²) >= 11 is 12.0.